The molecule has 7 nitrogen and oxygen atoms in total. The molecule has 1 aromatic rings. The zero-order valence-corrected chi connectivity index (χ0v) is 15.4. The van der Waals surface area contributed by atoms with Crippen LogP contribution in [-0.4, -0.2) is 59.8 Å². The maximum Gasteiger partial charge on any atom is 0.191 e. The summed E-state index contributed by atoms with van der Waals surface area (Å²) in [7, 11) is -1.33. The number of rotatable bonds is 10. The molecular formula is C16H27N3O4S. The Labute approximate surface area is 144 Å². The lowest BCUT2D eigenvalue weighted by molar-refractivity contribution is 0.154. The normalized spacial score (nSPS) is 12.0. The van der Waals surface area contributed by atoms with Gasteiger partial charge in [0.1, 0.15) is 15.6 Å². The Morgan fingerprint density at radius 3 is 2.46 bits per heavy atom. The number of methoxy groups -OCH3 is 1. The summed E-state index contributed by atoms with van der Waals surface area (Å²) in [5, 5.41) is 6.30. The first-order chi connectivity index (χ1) is 11.4. The molecule has 0 radical (unpaired) electrons. The third kappa shape index (κ3) is 9.36. The van der Waals surface area contributed by atoms with Crippen LogP contribution in [0, 0.1) is 0 Å². The van der Waals surface area contributed by atoms with E-state index in [0.717, 1.165) is 17.9 Å². The molecule has 0 spiro atoms. The van der Waals surface area contributed by atoms with Crippen molar-refractivity contribution >= 4 is 15.8 Å². The summed E-state index contributed by atoms with van der Waals surface area (Å²) in [6.45, 7) is 4.48. The van der Waals surface area contributed by atoms with Crippen LogP contribution < -0.4 is 15.4 Å². The van der Waals surface area contributed by atoms with E-state index in [1.807, 2.05) is 31.2 Å². The number of nitrogens with one attached hydrogen (secondary N) is 2. The molecule has 0 heterocycles. The molecular weight excluding hydrogens is 330 g/mol. The summed E-state index contributed by atoms with van der Waals surface area (Å²) in [5.41, 5.74) is 1.08. The number of hydrogen-bond donors (Lipinski definition) is 2. The highest BCUT2D eigenvalue weighted by molar-refractivity contribution is 7.90. The van der Waals surface area contributed by atoms with E-state index >= 15 is 0 Å². The maximum atomic E-state index is 11.0. The molecule has 0 amide bonds. The number of guanidine groups is 1. The smallest absolute Gasteiger partial charge is 0.191 e. The molecule has 1 rings (SSSR count). The minimum Gasteiger partial charge on any atom is -0.497 e. The van der Waals surface area contributed by atoms with Crippen LogP contribution in [0.5, 0.6) is 5.75 Å². The molecule has 1 aromatic carbocycles. The van der Waals surface area contributed by atoms with Crippen molar-refractivity contribution in [2.45, 2.75) is 13.5 Å². The minimum absolute atomic E-state index is 0.0403. The molecule has 0 bridgehead atoms. The number of ether oxygens (including phenoxy) is 2. The summed E-state index contributed by atoms with van der Waals surface area (Å²) in [5.74, 6) is 1.55. The zero-order chi connectivity index (χ0) is 17.8. The zero-order valence-electron chi connectivity index (χ0n) is 14.5. The predicted octanol–water partition coefficient (Wildman–Crippen LogP) is 0.812. The van der Waals surface area contributed by atoms with Gasteiger partial charge in [-0.3, -0.25) is 0 Å². The fourth-order valence-electron chi connectivity index (χ4n) is 1.80. The molecule has 0 aliphatic carbocycles. The quantitative estimate of drug-likeness (QED) is 0.366. The van der Waals surface area contributed by atoms with Gasteiger partial charge in [-0.2, -0.15) is 0 Å². The summed E-state index contributed by atoms with van der Waals surface area (Å²) in [6, 6.07) is 7.75. The van der Waals surface area contributed by atoms with Gasteiger partial charge in [-0.15, -0.1) is 0 Å². The van der Waals surface area contributed by atoms with Gasteiger partial charge >= 0.3 is 0 Å². The molecule has 0 saturated carbocycles. The second-order valence-corrected chi connectivity index (χ2v) is 7.47. The van der Waals surface area contributed by atoms with E-state index in [1.54, 1.807) is 7.11 Å². The lowest BCUT2D eigenvalue weighted by atomic mass is 10.2. The monoisotopic (exact) mass is 357 g/mol. The van der Waals surface area contributed by atoms with Crippen molar-refractivity contribution in [2.24, 2.45) is 4.99 Å². The van der Waals surface area contributed by atoms with Crippen LogP contribution in [0.25, 0.3) is 0 Å². The van der Waals surface area contributed by atoms with Crippen LogP contribution >= 0.6 is 0 Å². The minimum atomic E-state index is -2.97. The van der Waals surface area contributed by atoms with Gasteiger partial charge in [-0.1, -0.05) is 12.1 Å². The van der Waals surface area contributed by atoms with Gasteiger partial charge in [0.15, 0.2) is 5.96 Å². The summed E-state index contributed by atoms with van der Waals surface area (Å²) in [4.78, 5) is 4.50. The standard InChI is InChI=1S/C16H27N3O4S/c1-4-17-16(18-9-10-23-11-12-24(3,20)21)19-13-14-5-7-15(22-2)8-6-14/h5-8H,4,9-13H2,1-3H3,(H2,17,18,19). The Bertz CT molecular complexity index is 600. The van der Waals surface area contributed by atoms with E-state index in [0.29, 0.717) is 25.7 Å². The predicted molar refractivity (Wildman–Crippen MR) is 96.3 cm³/mol. The molecule has 0 fully saturated rings. The second-order valence-electron chi connectivity index (χ2n) is 5.21. The van der Waals surface area contributed by atoms with Crippen molar-refractivity contribution in [2.75, 3.05) is 45.4 Å². The molecule has 0 aliphatic heterocycles. The number of nitrogens with zero attached hydrogens (tertiary/aromatic N) is 1. The average Bonchev–Trinajstić information content (AvgIpc) is 2.55. The van der Waals surface area contributed by atoms with Gasteiger partial charge in [-0.05, 0) is 24.6 Å². The molecule has 0 unspecified atom stereocenters. The van der Waals surface area contributed by atoms with Crippen LogP contribution in [0.1, 0.15) is 12.5 Å². The topological polar surface area (TPSA) is 89.0 Å². The van der Waals surface area contributed by atoms with E-state index in [9.17, 15) is 8.42 Å². The number of benzene rings is 1. The highest BCUT2D eigenvalue weighted by atomic mass is 32.2. The molecule has 0 aliphatic rings. The Kier molecular flexibility index (Phi) is 9.18. The van der Waals surface area contributed by atoms with Crippen molar-refractivity contribution in [3.05, 3.63) is 29.8 Å². The summed E-state index contributed by atoms with van der Waals surface area (Å²) in [6.07, 6.45) is 1.20. The number of sulfone groups is 1. The number of aliphatic imine (C=N–C) groups is 1. The third-order valence-corrected chi connectivity index (χ3v) is 3.97. The van der Waals surface area contributed by atoms with E-state index in [-0.39, 0.29) is 12.4 Å². The fraction of sp³-hybridized carbons (Fsp3) is 0.562. The molecule has 136 valence electrons. The first kappa shape index (κ1) is 20.2. The van der Waals surface area contributed by atoms with Crippen LogP contribution in [0.15, 0.2) is 29.3 Å². The van der Waals surface area contributed by atoms with E-state index in [2.05, 4.69) is 15.6 Å². The molecule has 2 N–H and O–H groups in total. The Morgan fingerprint density at radius 2 is 1.88 bits per heavy atom. The van der Waals surface area contributed by atoms with Gasteiger partial charge in [0.2, 0.25) is 0 Å². The first-order valence-electron chi connectivity index (χ1n) is 7.85. The van der Waals surface area contributed by atoms with Crippen molar-refractivity contribution < 1.29 is 17.9 Å². The van der Waals surface area contributed by atoms with Crippen LogP contribution in [-0.2, 0) is 21.1 Å². The first-order valence-corrected chi connectivity index (χ1v) is 9.91. The van der Waals surface area contributed by atoms with Crippen molar-refractivity contribution in [1.82, 2.24) is 10.6 Å². The molecule has 24 heavy (non-hydrogen) atoms. The maximum absolute atomic E-state index is 11.0. The van der Waals surface area contributed by atoms with Crippen LogP contribution in [0.4, 0.5) is 0 Å². The highest BCUT2D eigenvalue weighted by Gasteiger charge is 2.02. The van der Waals surface area contributed by atoms with Gasteiger partial charge in [0, 0.05) is 19.3 Å². The molecule has 0 aromatic heterocycles. The third-order valence-electron chi connectivity index (χ3n) is 3.06. The van der Waals surface area contributed by atoms with Crippen molar-refractivity contribution in [3.63, 3.8) is 0 Å². The van der Waals surface area contributed by atoms with E-state index in [1.165, 1.54) is 6.26 Å². The van der Waals surface area contributed by atoms with Gasteiger partial charge in [-0.25, -0.2) is 13.4 Å². The van der Waals surface area contributed by atoms with Gasteiger partial charge < -0.3 is 20.1 Å². The average molecular weight is 357 g/mol. The van der Waals surface area contributed by atoms with Crippen LogP contribution in [0.3, 0.4) is 0 Å². The van der Waals surface area contributed by atoms with Crippen molar-refractivity contribution in [3.8, 4) is 5.75 Å². The highest BCUT2D eigenvalue weighted by Crippen LogP contribution is 2.11. The molecule has 8 heteroatoms. The van der Waals surface area contributed by atoms with Crippen molar-refractivity contribution in [1.29, 1.82) is 0 Å². The van der Waals surface area contributed by atoms with E-state index in [4.69, 9.17) is 9.47 Å². The van der Waals surface area contributed by atoms with Gasteiger partial charge in [0.05, 0.1) is 32.6 Å². The molecule has 0 saturated heterocycles. The van der Waals surface area contributed by atoms with Crippen LogP contribution in [0.2, 0.25) is 0 Å². The lowest BCUT2D eigenvalue weighted by Gasteiger charge is -2.11. The fourth-order valence-corrected chi connectivity index (χ4v) is 2.22. The Hall–Kier alpha value is -1.80. The molecule has 0 atom stereocenters. The summed E-state index contributed by atoms with van der Waals surface area (Å²) < 4.78 is 32.4. The Balaban J connectivity index is 2.36. The van der Waals surface area contributed by atoms with Gasteiger partial charge in [0.25, 0.3) is 0 Å². The SMILES string of the molecule is CCNC(=NCc1ccc(OC)cc1)NCCOCCS(C)(=O)=O. The van der Waals surface area contributed by atoms with E-state index < -0.39 is 9.84 Å². The lowest BCUT2D eigenvalue weighted by Crippen LogP contribution is -2.39. The summed E-state index contributed by atoms with van der Waals surface area (Å²) >= 11 is 0. The second kappa shape index (κ2) is 10.9. The Morgan fingerprint density at radius 1 is 1.17 bits per heavy atom. The number of hydrogen-bond acceptors (Lipinski definition) is 5. The largest absolute Gasteiger partial charge is 0.497 e.